The van der Waals surface area contributed by atoms with Crippen molar-refractivity contribution in [1.29, 1.82) is 10.7 Å². The molecule has 2 fully saturated rings. The van der Waals surface area contributed by atoms with Crippen molar-refractivity contribution in [2.75, 3.05) is 26.2 Å². The molecule has 38 heavy (non-hydrogen) atoms. The summed E-state index contributed by atoms with van der Waals surface area (Å²) in [6.07, 6.45) is 6.56. The van der Waals surface area contributed by atoms with E-state index in [1.807, 2.05) is 60.7 Å². The number of allylic oxidation sites excluding steroid dienone is 1. The quantitative estimate of drug-likeness (QED) is 0.443. The highest BCUT2D eigenvalue weighted by Crippen LogP contribution is 2.39. The van der Waals surface area contributed by atoms with Crippen molar-refractivity contribution in [2.24, 2.45) is 11.8 Å². The zero-order valence-electron chi connectivity index (χ0n) is 23.1. The molecule has 5 rings (SSSR count). The lowest BCUT2D eigenvalue weighted by Crippen LogP contribution is -2.56. The zero-order valence-corrected chi connectivity index (χ0v) is 23.1. The number of piperazine rings is 1. The summed E-state index contributed by atoms with van der Waals surface area (Å²) in [7, 11) is 0. The van der Waals surface area contributed by atoms with Gasteiger partial charge in [-0.15, -0.1) is 0 Å². The number of pyridine rings is 1. The maximum Gasteiger partial charge on any atom is 0.273 e. The van der Waals surface area contributed by atoms with E-state index in [0.717, 1.165) is 35.3 Å². The number of aromatic nitrogens is 2. The summed E-state index contributed by atoms with van der Waals surface area (Å²) in [4.78, 5) is 22.6. The third kappa shape index (κ3) is 5.00. The van der Waals surface area contributed by atoms with Gasteiger partial charge in [0.05, 0.1) is 29.5 Å². The Morgan fingerprint density at radius 2 is 2.03 bits per heavy atom. The van der Waals surface area contributed by atoms with Crippen LogP contribution in [0.2, 0.25) is 0 Å². The van der Waals surface area contributed by atoms with Gasteiger partial charge < -0.3 is 19.9 Å². The minimum absolute atomic E-state index is 0.00177. The summed E-state index contributed by atoms with van der Waals surface area (Å²) in [5.74, 6) is 0.533. The van der Waals surface area contributed by atoms with Crippen LogP contribution in [-0.4, -0.2) is 68.7 Å². The highest BCUT2D eigenvalue weighted by Gasteiger charge is 2.37. The fourth-order valence-corrected chi connectivity index (χ4v) is 5.69. The van der Waals surface area contributed by atoms with Crippen LogP contribution in [0.5, 0.6) is 0 Å². The highest BCUT2D eigenvalue weighted by molar-refractivity contribution is 6.02. The molecule has 0 aromatic carbocycles. The number of rotatable bonds is 6. The van der Waals surface area contributed by atoms with Crippen molar-refractivity contribution >= 4 is 17.3 Å². The van der Waals surface area contributed by atoms with Gasteiger partial charge in [0.1, 0.15) is 17.4 Å². The number of nitriles is 1. The molecule has 0 unspecified atom stereocenters. The second kappa shape index (κ2) is 10.0. The van der Waals surface area contributed by atoms with Crippen LogP contribution in [0.15, 0.2) is 47.3 Å². The molecule has 2 aromatic heterocycles. The molecule has 1 aliphatic carbocycles. The van der Waals surface area contributed by atoms with Crippen LogP contribution in [0.25, 0.3) is 5.65 Å². The van der Waals surface area contributed by atoms with Gasteiger partial charge in [0.15, 0.2) is 0 Å². The van der Waals surface area contributed by atoms with Gasteiger partial charge in [-0.3, -0.25) is 9.20 Å². The maximum atomic E-state index is 13.8. The first kappa shape index (κ1) is 26.2. The zero-order chi connectivity index (χ0) is 27.2. The number of amides is 1. The fourth-order valence-electron chi connectivity index (χ4n) is 5.69. The molecule has 1 amide bonds. The lowest BCUT2D eigenvalue weighted by molar-refractivity contribution is -0.0115. The number of carbonyl (C=O) groups excluding carboxylic acids is 1. The van der Waals surface area contributed by atoms with Crippen LogP contribution in [-0.2, 0) is 4.74 Å². The number of ether oxygens (including phenoxy) is 1. The minimum Gasteiger partial charge on any atom is -0.372 e. The third-order valence-electron chi connectivity index (χ3n) is 8.03. The Hall–Kier alpha value is -3.44. The predicted molar refractivity (Wildman–Crippen MR) is 147 cm³/mol. The average Bonchev–Trinajstić information content (AvgIpc) is 3.68. The number of nitrogens with one attached hydrogen (secondary N) is 1. The highest BCUT2D eigenvalue weighted by atomic mass is 16.5. The van der Waals surface area contributed by atoms with Crippen molar-refractivity contribution in [3.8, 4) is 6.07 Å². The molecule has 2 aliphatic heterocycles. The van der Waals surface area contributed by atoms with Crippen LogP contribution in [0.1, 0.15) is 63.1 Å². The Kier molecular flexibility index (Phi) is 6.91. The number of aryl methyl sites for hydroxylation is 1. The number of hydrogen-bond acceptors (Lipinski definition) is 6. The van der Waals surface area contributed by atoms with E-state index >= 15 is 0 Å². The number of imidazole rings is 1. The first-order chi connectivity index (χ1) is 18.1. The first-order valence-electron chi connectivity index (χ1n) is 13.7. The van der Waals surface area contributed by atoms with Gasteiger partial charge >= 0.3 is 0 Å². The Morgan fingerprint density at radius 1 is 1.26 bits per heavy atom. The van der Waals surface area contributed by atoms with E-state index in [4.69, 9.17) is 10.1 Å². The van der Waals surface area contributed by atoms with Gasteiger partial charge in [0.2, 0.25) is 0 Å². The van der Waals surface area contributed by atoms with Crippen LogP contribution in [0.3, 0.4) is 0 Å². The van der Waals surface area contributed by atoms with Crippen molar-refractivity contribution in [1.82, 2.24) is 19.2 Å². The Morgan fingerprint density at radius 3 is 2.71 bits per heavy atom. The first-order valence-corrected chi connectivity index (χ1v) is 13.7. The van der Waals surface area contributed by atoms with Gasteiger partial charge in [-0.05, 0) is 57.2 Å². The summed E-state index contributed by atoms with van der Waals surface area (Å²) in [5.41, 5.74) is 4.82. The fraction of sp³-hybridized carbons (Fsp3) is 0.533. The average molecular weight is 515 g/mol. The molecular formula is C30H38N6O2. The smallest absolute Gasteiger partial charge is 0.273 e. The summed E-state index contributed by atoms with van der Waals surface area (Å²) >= 11 is 0. The molecule has 200 valence electrons. The van der Waals surface area contributed by atoms with Crippen LogP contribution in [0, 0.1) is 35.5 Å². The van der Waals surface area contributed by atoms with Crippen LogP contribution in [0.4, 0.5) is 0 Å². The summed E-state index contributed by atoms with van der Waals surface area (Å²) in [6.45, 7) is 12.5. The molecule has 8 heteroatoms. The van der Waals surface area contributed by atoms with Crippen molar-refractivity contribution in [2.45, 2.75) is 65.5 Å². The lowest BCUT2D eigenvalue weighted by atomic mass is 9.85. The van der Waals surface area contributed by atoms with E-state index in [1.165, 1.54) is 0 Å². The van der Waals surface area contributed by atoms with Crippen LogP contribution < -0.4 is 0 Å². The molecule has 1 atom stereocenters. The van der Waals surface area contributed by atoms with Crippen LogP contribution >= 0.6 is 0 Å². The monoisotopic (exact) mass is 514 g/mol. The minimum atomic E-state index is -0.379. The van der Waals surface area contributed by atoms with Gasteiger partial charge in [-0.2, -0.15) is 5.26 Å². The number of hydrogen-bond donors (Lipinski definition) is 1. The van der Waals surface area contributed by atoms with E-state index in [1.54, 1.807) is 0 Å². The van der Waals surface area contributed by atoms with Crippen molar-refractivity contribution in [3.05, 3.63) is 58.7 Å². The van der Waals surface area contributed by atoms with E-state index in [-0.39, 0.29) is 23.5 Å². The van der Waals surface area contributed by atoms with E-state index in [9.17, 15) is 10.1 Å². The SMILES string of the molecule is Cc1nc2ccccn2c1C(=O)N1CCN(/C=C(\C#N)C2=C(C(=N)C3CC3)COC(C)(C)C2)C[C@H]1C(C)C. The largest absolute Gasteiger partial charge is 0.372 e. The third-order valence-corrected chi connectivity index (χ3v) is 8.03. The molecule has 4 heterocycles. The van der Waals surface area contributed by atoms with E-state index in [2.05, 4.69) is 29.8 Å². The molecule has 0 radical (unpaired) electrons. The summed E-state index contributed by atoms with van der Waals surface area (Å²) < 4.78 is 7.94. The second-order valence-corrected chi connectivity index (χ2v) is 11.8. The second-order valence-electron chi connectivity index (χ2n) is 11.8. The molecule has 1 saturated carbocycles. The Labute approximate surface area is 225 Å². The molecule has 0 spiro atoms. The van der Waals surface area contributed by atoms with Gasteiger partial charge in [0, 0.05) is 55.7 Å². The molecule has 1 N–H and O–H groups in total. The standard InChI is InChI=1S/C30H38N6O2/c1-19(2)25-17-34(12-13-35(25)29(37)28-20(3)33-26-8-6-7-11-36(26)28)16-22(15-31)23-14-30(4,5)38-18-24(23)27(32)21-9-10-21/h6-8,11,16,19,21,25,32H,9-10,12-14,17-18H2,1-5H3/b22-16+,32-27?/t25-/m0/s1. The van der Waals surface area contributed by atoms with Gasteiger partial charge in [-0.1, -0.05) is 19.9 Å². The Bertz CT molecular complexity index is 1370. The Balaban J connectivity index is 1.42. The van der Waals surface area contributed by atoms with E-state index < -0.39 is 0 Å². The summed E-state index contributed by atoms with van der Waals surface area (Å²) in [5, 5.41) is 19.0. The predicted octanol–water partition coefficient (Wildman–Crippen LogP) is 4.76. The van der Waals surface area contributed by atoms with Gasteiger partial charge in [-0.25, -0.2) is 4.98 Å². The van der Waals surface area contributed by atoms with Gasteiger partial charge in [0.25, 0.3) is 5.91 Å². The summed E-state index contributed by atoms with van der Waals surface area (Å²) in [6, 6.07) is 8.20. The number of nitrogens with zero attached hydrogens (tertiary/aromatic N) is 5. The lowest BCUT2D eigenvalue weighted by Gasteiger charge is -2.43. The molecule has 0 bridgehead atoms. The maximum absolute atomic E-state index is 13.8. The normalized spacial score (nSPS) is 22.2. The molecule has 1 saturated heterocycles. The van der Waals surface area contributed by atoms with Crippen molar-refractivity contribution in [3.63, 3.8) is 0 Å². The number of carbonyl (C=O) groups is 1. The van der Waals surface area contributed by atoms with E-state index in [0.29, 0.717) is 55.6 Å². The topological polar surface area (TPSA) is 97.7 Å². The molecule has 8 nitrogen and oxygen atoms in total. The number of fused-ring (bicyclic) bond motifs is 1. The molecule has 2 aromatic rings. The molecular weight excluding hydrogens is 476 g/mol. The van der Waals surface area contributed by atoms with Crippen molar-refractivity contribution < 1.29 is 9.53 Å². The molecule has 3 aliphatic rings.